The van der Waals surface area contributed by atoms with E-state index in [0.29, 0.717) is 10.7 Å². The molecule has 23 heavy (non-hydrogen) atoms. The monoisotopic (exact) mass is 370 g/mol. The molecule has 4 atom stereocenters. The van der Waals surface area contributed by atoms with E-state index in [0.717, 1.165) is 28.4 Å². The number of aliphatic hydroxyl groups excluding tert-OH is 1. The molecule has 1 unspecified atom stereocenters. The average Bonchev–Trinajstić information content (AvgIpc) is 2.79. The Labute approximate surface area is 163 Å². The first-order chi connectivity index (χ1) is 10.3. The number of carboxylic acid groups (broad SMARTS) is 2. The third kappa shape index (κ3) is 3.89. The third-order valence-electron chi connectivity index (χ3n) is 3.48. The third-order valence-corrected chi connectivity index (χ3v) is 6.26. The first kappa shape index (κ1) is 20.8. The van der Waals surface area contributed by atoms with Crippen molar-refractivity contribution in [1.29, 1.82) is 0 Å². The van der Waals surface area contributed by atoms with E-state index in [1.54, 1.807) is 6.92 Å². The van der Waals surface area contributed by atoms with E-state index in [1.807, 2.05) is 0 Å². The molecule has 8 nitrogen and oxygen atoms in total. The summed E-state index contributed by atoms with van der Waals surface area (Å²) in [4.78, 5) is 35.1. The molecular weight excluding hydrogens is 355 g/mol. The number of rotatable bonds is 7. The van der Waals surface area contributed by atoms with Gasteiger partial charge in [-0.3, -0.25) is 14.5 Å². The van der Waals surface area contributed by atoms with Crippen LogP contribution in [0, 0.1) is 5.92 Å². The van der Waals surface area contributed by atoms with E-state index in [-0.39, 0.29) is 41.0 Å². The van der Waals surface area contributed by atoms with Gasteiger partial charge in [-0.25, -0.2) is 0 Å². The second-order valence-corrected chi connectivity index (χ2v) is 7.31. The van der Waals surface area contributed by atoms with Gasteiger partial charge in [0.25, 0.3) is 0 Å². The summed E-state index contributed by atoms with van der Waals surface area (Å²) in [6, 6.07) is -1.14. The molecule has 2 aliphatic heterocycles. The van der Waals surface area contributed by atoms with E-state index < -0.39 is 41.3 Å². The van der Waals surface area contributed by atoms with Crippen LogP contribution in [-0.2, 0) is 14.4 Å². The van der Waals surface area contributed by atoms with Gasteiger partial charge >= 0.3 is 35.5 Å². The number of aliphatic hydroxyl groups is 1. The van der Waals surface area contributed by atoms with E-state index in [4.69, 9.17) is 10.8 Å². The van der Waals surface area contributed by atoms with Crippen LogP contribution in [0.1, 0.15) is 13.3 Å². The molecular formula is C12H15N2NaO6S2. The van der Waals surface area contributed by atoms with Crippen LogP contribution in [0.5, 0.6) is 0 Å². The second-order valence-electron chi connectivity index (χ2n) is 4.90. The number of thioether (sulfide) groups is 2. The predicted octanol–water partition coefficient (Wildman–Crippen LogP) is -4.64. The maximum Gasteiger partial charge on any atom is 1.00 e. The first-order valence-corrected chi connectivity index (χ1v) is 8.40. The van der Waals surface area contributed by atoms with Crippen molar-refractivity contribution in [3.8, 4) is 0 Å². The SMILES string of the molecule is CCC(O)[C@H]1C(=O)N2C(C(=O)[O-])=C(SC[C@@H](N)C(=O)O)S[C@H]12.[Na+]. The Morgan fingerprint density at radius 3 is 2.61 bits per heavy atom. The molecule has 2 heterocycles. The van der Waals surface area contributed by atoms with Gasteiger partial charge in [0.05, 0.1) is 27.9 Å². The van der Waals surface area contributed by atoms with Crippen LogP contribution in [0.2, 0.25) is 0 Å². The number of carbonyl (C=O) groups is 3. The zero-order valence-electron chi connectivity index (χ0n) is 12.6. The molecule has 2 rings (SSSR count). The molecule has 0 aliphatic carbocycles. The van der Waals surface area contributed by atoms with E-state index in [2.05, 4.69) is 0 Å². The van der Waals surface area contributed by atoms with Crippen LogP contribution in [0.3, 0.4) is 0 Å². The number of carboxylic acids is 2. The Kier molecular flexibility index (Phi) is 7.45. The minimum absolute atomic E-state index is 0. The molecule has 1 amide bonds. The summed E-state index contributed by atoms with van der Waals surface area (Å²) in [5, 5.41) is 29.4. The van der Waals surface area contributed by atoms with Crippen molar-refractivity contribution in [3.63, 3.8) is 0 Å². The van der Waals surface area contributed by atoms with Gasteiger partial charge in [0.15, 0.2) is 0 Å². The summed E-state index contributed by atoms with van der Waals surface area (Å²) in [6.07, 6.45) is -0.455. The zero-order valence-corrected chi connectivity index (χ0v) is 16.2. The van der Waals surface area contributed by atoms with Gasteiger partial charge in [0.1, 0.15) is 11.4 Å². The summed E-state index contributed by atoms with van der Waals surface area (Å²) < 4.78 is 0.292. The summed E-state index contributed by atoms with van der Waals surface area (Å²) in [5.74, 6) is -3.83. The fourth-order valence-electron chi connectivity index (χ4n) is 2.24. The molecule has 0 aromatic heterocycles. The fraction of sp³-hybridized carbons (Fsp3) is 0.583. The van der Waals surface area contributed by atoms with Crippen LogP contribution in [0.25, 0.3) is 0 Å². The van der Waals surface area contributed by atoms with Crippen LogP contribution in [0.4, 0.5) is 0 Å². The number of aliphatic carboxylic acids is 2. The largest absolute Gasteiger partial charge is 1.00 e. The minimum Gasteiger partial charge on any atom is -0.543 e. The topological polar surface area (TPSA) is 144 Å². The number of nitrogens with zero attached hydrogens (tertiary/aromatic N) is 1. The number of carbonyl (C=O) groups excluding carboxylic acids is 2. The van der Waals surface area contributed by atoms with Crippen molar-refractivity contribution in [2.75, 3.05) is 5.75 Å². The Morgan fingerprint density at radius 2 is 2.13 bits per heavy atom. The van der Waals surface area contributed by atoms with Gasteiger partial charge in [-0.1, -0.05) is 18.7 Å². The molecule has 0 saturated carbocycles. The molecule has 0 spiro atoms. The van der Waals surface area contributed by atoms with Gasteiger partial charge < -0.3 is 25.8 Å². The molecule has 0 bridgehead atoms. The summed E-state index contributed by atoms with van der Waals surface area (Å²) in [6.45, 7) is 1.73. The predicted molar refractivity (Wildman–Crippen MR) is 78.1 cm³/mol. The van der Waals surface area contributed by atoms with Gasteiger partial charge in [-0.05, 0) is 6.42 Å². The van der Waals surface area contributed by atoms with Crippen LogP contribution in [0.15, 0.2) is 9.93 Å². The van der Waals surface area contributed by atoms with Gasteiger partial charge in [-0.15, -0.1) is 11.8 Å². The Balaban J connectivity index is 0.00000264. The molecule has 11 heteroatoms. The number of β-lactam (4-membered cyclic amide) rings is 1. The molecule has 0 aromatic carbocycles. The number of amides is 1. The number of hydrogen-bond donors (Lipinski definition) is 3. The van der Waals surface area contributed by atoms with Crippen molar-refractivity contribution in [3.05, 3.63) is 9.93 Å². The van der Waals surface area contributed by atoms with Crippen molar-refractivity contribution in [2.24, 2.45) is 11.7 Å². The molecule has 122 valence electrons. The molecule has 4 N–H and O–H groups in total. The molecule has 0 radical (unpaired) electrons. The fourth-order valence-corrected chi connectivity index (χ4v) is 5.08. The minimum atomic E-state index is -1.50. The van der Waals surface area contributed by atoms with Crippen molar-refractivity contribution in [1.82, 2.24) is 4.90 Å². The molecule has 2 aliphatic rings. The zero-order chi connectivity index (χ0) is 16.6. The van der Waals surface area contributed by atoms with E-state index in [9.17, 15) is 24.6 Å². The normalized spacial score (nSPS) is 25.3. The number of nitrogens with two attached hydrogens (primary N) is 1. The maximum absolute atomic E-state index is 12.0. The summed E-state index contributed by atoms with van der Waals surface area (Å²) >= 11 is 2.09. The van der Waals surface area contributed by atoms with Gasteiger partial charge in [0, 0.05) is 5.75 Å². The Morgan fingerprint density at radius 1 is 1.52 bits per heavy atom. The maximum atomic E-state index is 12.0. The smallest absolute Gasteiger partial charge is 0.543 e. The number of fused-ring (bicyclic) bond motifs is 1. The Bertz CT molecular complexity index is 558. The molecule has 0 aromatic rings. The molecule has 1 saturated heterocycles. The van der Waals surface area contributed by atoms with E-state index >= 15 is 0 Å². The average molecular weight is 370 g/mol. The van der Waals surface area contributed by atoms with Crippen LogP contribution < -0.4 is 40.4 Å². The van der Waals surface area contributed by atoms with Crippen molar-refractivity contribution < 1.29 is 59.3 Å². The number of hydrogen-bond acceptors (Lipinski definition) is 8. The summed E-state index contributed by atoms with van der Waals surface area (Å²) in [7, 11) is 0. The standard InChI is InChI=1S/C12H16N2O6S2.Na/c1-2-5(15)6-8(16)14-7(11(19)20)12(22-9(6)14)21-3-4(13)10(17)18;/h4-6,9,15H,2-3,13H2,1H3,(H,17,18)(H,19,20);/q;+1/p-1/t4-,5?,6+,9-;/m1./s1. The van der Waals surface area contributed by atoms with Gasteiger partial charge in [-0.2, -0.15) is 0 Å². The second kappa shape index (κ2) is 8.24. The van der Waals surface area contributed by atoms with Crippen LogP contribution in [-0.4, -0.2) is 56.2 Å². The van der Waals surface area contributed by atoms with Crippen molar-refractivity contribution in [2.45, 2.75) is 30.9 Å². The Hall–Kier alpha value is -0.230. The van der Waals surface area contributed by atoms with Gasteiger partial charge in [0.2, 0.25) is 5.91 Å². The first-order valence-electron chi connectivity index (χ1n) is 6.54. The van der Waals surface area contributed by atoms with E-state index in [1.165, 1.54) is 0 Å². The molecule has 1 fully saturated rings. The summed E-state index contributed by atoms with van der Waals surface area (Å²) in [5.41, 5.74) is 5.13. The quantitative estimate of drug-likeness (QED) is 0.298. The van der Waals surface area contributed by atoms with Crippen LogP contribution >= 0.6 is 23.5 Å². The van der Waals surface area contributed by atoms with Crippen molar-refractivity contribution >= 4 is 41.4 Å².